The number of benzene rings is 4. The average molecular weight is 524 g/mol. The van der Waals surface area contributed by atoms with E-state index in [0.29, 0.717) is 5.56 Å². The fourth-order valence-corrected chi connectivity index (χ4v) is 4.31. The lowest BCUT2D eigenvalue weighted by Gasteiger charge is -2.25. The Balaban J connectivity index is 1.87. The molecular formula is C31H26F5NO. The summed E-state index contributed by atoms with van der Waals surface area (Å²) in [4.78, 5) is 13.6. The molecule has 1 unspecified atom stereocenters. The molecule has 0 spiro atoms. The van der Waals surface area contributed by atoms with Crippen molar-refractivity contribution < 1.29 is 26.7 Å². The van der Waals surface area contributed by atoms with E-state index in [4.69, 9.17) is 0 Å². The van der Waals surface area contributed by atoms with Crippen molar-refractivity contribution in [3.63, 3.8) is 0 Å². The predicted octanol–water partition coefficient (Wildman–Crippen LogP) is 8.31. The van der Waals surface area contributed by atoms with Gasteiger partial charge in [-0.1, -0.05) is 99.6 Å². The first-order valence-electron chi connectivity index (χ1n) is 12.0. The van der Waals surface area contributed by atoms with E-state index in [1.807, 2.05) is 68.6 Å². The monoisotopic (exact) mass is 523 g/mol. The van der Waals surface area contributed by atoms with Crippen molar-refractivity contribution in [3.8, 4) is 11.1 Å². The van der Waals surface area contributed by atoms with Crippen molar-refractivity contribution in [2.45, 2.75) is 38.5 Å². The van der Waals surface area contributed by atoms with Crippen molar-refractivity contribution in [2.24, 2.45) is 0 Å². The van der Waals surface area contributed by atoms with Crippen molar-refractivity contribution >= 4 is 11.6 Å². The van der Waals surface area contributed by atoms with E-state index in [1.54, 1.807) is 36.4 Å². The lowest BCUT2D eigenvalue weighted by molar-refractivity contribution is -0.117. The third kappa shape index (κ3) is 5.47. The van der Waals surface area contributed by atoms with Crippen LogP contribution in [-0.2, 0) is 16.6 Å². The van der Waals surface area contributed by atoms with Gasteiger partial charge in [-0.05, 0) is 39.7 Å². The molecule has 38 heavy (non-hydrogen) atoms. The second-order valence-corrected chi connectivity index (χ2v) is 10.1. The van der Waals surface area contributed by atoms with Crippen LogP contribution in [-0.4, -0.2) is 5.91 Å². The lowest BCUT2D eigenvalue weighted by Crippen LogP contribution is -2.26. The molecule has 0 bridgehead atoms. The molecule has 2 nitrogen and oxygen atoms in total. The number of hydrogen-bond acceptors (Lipinski definition) is 1. The van der Waals surface area contributed by atoms with Crippen LogP contribution in [0.4, 0.5) is 27.6 Å². The van der Waals surface area contributed by atoms with Gasteiger partial charge in [-0.3, -0.25) is 4.79 Å². The highest BCUT2D eigenvalue weighted by Crippen LogP contribution is 2.37. The molecule has 0 radical (unpaired) electrons. The minimum Gasteiger partial charge on any atom is -0.320 e. The first-order chi connectivity index (χ1) is 18.0. The fourth-order valence-electron chi connectivity index (χ4n) is 4.31. The van der Waals surface area contributed by atoms with Crippen LogP contribution >= 0.6 is 0 Å². The van der Waals surface area contributed by atoms with Crippen molar-refractivity contribution in [1.82, 2.24) is 0 Å². The summed E-state index contributed by atoms with van der Waals surface area (Å²) in [5.74, 6) is -12.7. The van der Waals surface area contributed by atoms with Crippen LogP contribution in [0.15, 0.2) is 78.9 Å². The fraction of sp³-hybridized carbons (Fsp3) is 0.194. The molecule has 0 aliphatic rings. The summed E-state index contributed by atoms with van der Waals surface area (Å²) in [5.41, 5.74) is 2.26. The maximum atomic E-state index is 14.4. The molecule has 196 valence electrons. The molecule has 0 aromatic heterocycles. The third-order valence-corrected chi connectivity index (χ3v) is 6.44. The summed E-state index contributed by atoms with van der Waals surface area (Å²) >= 11 is 0. The number of hydrogen-bond donors (Lipinski definition) is 1. The first-order valence-corrected chi connectivity index (χ1v) is 12.0. The summed E-state index contributed by atoms with van der Waals surface area (Å²) in [6.45, 7) is 6.15. The zero-order valence-corrected chi connectivity index (χ0v) is 21.1. The molecule has 0 fully saturated rings. The highest BCUT2D eigenvalue weighted by Gasteiger charge is 2.31. The maximum absolute atomic E-state index is 14.4. The minimum absolute atomic E-state index is 0.122. The van der Waals surface area contributed by atoms with Gasteiger partial charge in [0.05, 0.1) is 5.92 Å². The van der Waals surface area contributed by atoms with Gasteiger partial charge in [0.2, 0.25) is 11.7 Å². The van der Waals surface area contributed by atoms with Crippen molar-refractivity contribution in [2.75, 3.05) is 5.32 Å². The normalized spacial score (nSPS) is 12.3. The second kappa shape index (κ2) is 10.8. The third-order valence-electron chi connectivity index (χ3n) is 6.44. The Morgan fingerprint density at radius 1 is 0.737 bits per heavy atom. The van der Waals surface area contributed by atoms with E-state index in [-0.39, 0.29) is 11.8 Å². The van der Waals surface area contributed by atoms with E-state index >= 15 is 0 Å². The number of rotatable bonds is 6. The van der Waals surface area contributed by atoms with Crippen LogP contribution in [0.25, 0.3) is 11.1 Å². The van der Waals surface area contributed by atoms with Gasteiger partial charge in [0.25, 0.3) is 0 Å². The Hall–Kier alpha value is -4.00. The van der Waals surface area contributed by atoms with E-state index in [0.717, 1.165) is 22.3 Å². The highest BCUT2D eigenvalue weighted by molar-refractivity contribution is 5.97. The van der Waals surface area contributed by atoms with Gasteiger partial charge < -0.3 is 5.32 Å². The number of halogens is 5. The van der Waals surface area contributed by atoms with Gasteiger partial charge in [-0.25, -0.2) is 22.0 Å². The van der Waals surface area contributed by atoms with Crippen LogP contribution in [0.5, 0.6) is 0 Å². The molecule has 0 aliphatic heterocycles. The Labute approximate surface area is 218 Å². The predicted molar refractivity (Wildman–Crippen MR) is 138 cm³/mol. The zero-order chi connectivity index (χ0) is 27.6. The van der Waals surface area contributed by atoms with E-state index in [1.165, 1.54) is 0 Å². The standard InChI is InChI=1S/C31H26F5NO/c1-31(2,3)20-14-15-21(22(17-20)19-12-8-5-9-13-19)23(16-18-10-6-4-7-11-18)30(38)37-29-27(35)25(33)24(32)26(34)28(29)36/h4-15,17,23H,16H2,1-3H3,(H,37,38). The summed E-state index contributed by atoms with van der Waals surface area (Å²) < 4.78 is 70.2. The molecule has 0 saturated heterocycles. The number of anilines is 1. The van der Waals surface area contributed by atoms with Gasteiger partial charge in [0.1, 0.15) is 5.69 Å². The van der Waals surface area contributed by atoms with E-state index in [2.05, 4.69) is 0 Å². The number of carbonyl (C=O) groups is 1. The maximum Gasteiger partial charge on any atom is 0.232 e. The summed E-state index contributed by atoms with van der Waals surface area (Å²) in [7, 11) is 0. The molecule has 4 rings (SSSR count). The Morgan fingerprint density at radius 3 is 1.82 bits per heavy atom. The SMILES string of the molecule is CC(C)(C)c1ccc(C(Cc2ccccc2)C(=O)Nc2c(F)c(F)c(F)c(F)c2F)c(-c2ccccc2)c1. The van der Waals surface area contributed by atoms with Gasteiger partial charge in [0.15, 0.2) is 23.3 Å². The molecule has 4 aromatic carbocycles. The largest absolute Gasteiger partial charge is 0.320 e. The van der Waals surface area contributed by atoms with Crippen molar-refractivity contribution in [3.05, 3.63) is 125 Å². The van der Waals surface area contributed by atoms with Crippen LogP contribution in [0.2, 0.25) is 0 Å². The molecule has 0 aliphatic carbocycles. The van der Waals surface area contributed by atoms with Gasteiger partial charge in [-0.15, -0.1) is 0 Å². The minimum atomic E-state index is -2.29. The Kier molecular flexibility index (Phi) is 7.67. The number of carbonyl (C=O) groups excluding carboxylic acids is 1. The first kappa shape index (κ1) is 27.0. The smallest absolute Gasteiger partial charge is 0.232 e. The number of amides is 1. The van der Waals surface area contributed by atoms with Crippen molar-refractivity contribution in [1.29, 1.82) is 0 Å². The summed E-state index contributed by atoms with van der Waals surface area (Å²) in [6.07, 6.45) is 0.122. The summed E-state index contributed by atoms with van der Waals surface area (Å²) in [6, 6.07) is 23.9. The zero-order valence-electron chi connectivity index (χ0n) is 21.1. The Bertz CT molecular complexity index is 1430. The molecule has 4 aromatic rings. The van der Waals surface area contributed by atoms with E-state index < -0.39 is 46.6 Å². The van der Waals surface area contributed by atoms with Crippen LogP contribution in [0.1, 0.15) is 43.4 Å². The van der Waals surface area contributed by atoms with Crippen LogP contribution < -0.4 is 5.32 Å². The summed E-state index contributed by atoms with van der Waals surface area (Å²) in [5, 5.41) is 1.99. The highest BCUT2D eigenvalue weighted by atomic mass is 19.2. The van der Waals surface area contributed by atoms with Gasteiger partial charge >= 0.3 is 0 Å². The van der Waals surface area contributed by atoms with Crippen LogP contribution in [0.3, 0.4) is 0 Å². The Morgan fingerprint density at radius 2 is 1.26 bits per heavy atom. The molecule has 1 amide bonds. The quantitative estimate of drug-likeness (QED) is 0.154. The lowest BCUT2D eigenvalue weighted by atomic mass is 9.80. The molecule has 0 saturated carbocycles. The van der Waals surface area contributed by atoms with Gasteiger partial charge in [0, 0.05) is 0 Å². The van der Waals surface area contributed by atoms with Crippen LogP contribution in [0, 0.1) is 29.1 Å². The molecule has 0 heterocycles. The van der Waals surface area contributed by atoms with E-state index in [9.17, 15) is 26.7 Å². The molecular weight excluding hydrogens is 497 g/mol. The average Bonchev–Trinajstić information content (AvgIpc) is 2.92. The topological polar surface area (TPSA) is 29.1 Å². The molecule has 7 heteroatoms. The van der Waals surface area contributed by atoms with Gasteiger partial charge in [-0.2, -0.15) is 0 Å². The number of nitrogens with one attached hydrogen (secondary N) is 1. The second-order valence-electron chi connectivity index (χ2n) is 10.1. The molecule has 1 atom stereocenters. The molecule has 1 N–H and O–H groups in total.